The van der Waals surface area contributed by atoms with Gasteiger partial charge in [-0.05, 0) is 19.9 Å². The summed E-state index contributed by atoms with van der Waals surface area (Å²) in [7, 11) is 0. The van der Waals surface area contributed by atoms with Gasteiger partial charge in [0.25, 0.3) is 0 Å². The summed E-state index contributed by atoms with van der Waals surface area (Å²) in [6, 6.07) is 1.59. The maximum Gasteiger partial charge on any atom is 0.406 e. The van der Waals surface area contributed by atoms with Crippen molar-refractivity contribution in [3.8, 4) is 0 Å². The van der Waals surface area contributed by atoms with E-state index >= 15 is 0 Å². The second-order valence-electron chi connectivity index (χ2n) is 3.82. The average molecular weight is 263 g/mol. The Morgan fingerprint density at radius 1 is 1.33 bits per heavy atom. The molecule has 0 aromatic carbocycles. The molecule has 8 heteroatoms. The highest BCUT2D eigenvalue weighted by atomic mass is 19.4. The molecule has 18 heavy (non-hydrogen) atoms. The van der Waals surface area contributed by atoms with Crippen molar-refractivity contribution in [1.29, 1.82) is 0 Å². The van der Waals surface area contributed by atoms with Crippen molar-refractivity contribution >= 4 is 11.9 Å². The molecule has 0 bridgehead atoms. The first-order valence-electron chi connectivity index (χ1n) is 5.03. The minimum atomic E-state index is -4.52. The van der Waals surface area contributed by atoms with Gasteiger partial charge in [-0.1, -0.05) is 0 Å². The number of aromatic nitrogens is 2. The van der Waals surface area contributed by atoms with Crippen LogP contribution in [0.2, 0.25) is 0 Å². The Balaban J connectivity index is 3.04. The largest absolute Gasteiger partial charge is 0.480 e. The summed E-state index contributed by atoms with van der Waals surface area (Å²) in [5.41, 5.74) is 0.963. The van der Waals surface area contributed by atoms with Gasteiger partial charge in [0.2, 0.25) is 5.95 Å². The van der Waals surface area contributed by atoms with E-state index in [2.05, 4.69) is 9.97 Å². The molecule has 0 atom stereocenters. The fourth-order valence-electron chi connectivity index (χ4n) is 1.43. The van der Waals surface area contributed by atoms with Gasteiger partial charge >= 0.3 is 12.1 Å². The zero-order valence-electron chi connectivity index (χ0n) is 9.82. The van der Waals surface area contributed by atoms with Gasteiger partial charge in [0.05, 0.1) is 0 Å². The van der Waals surface area contributed by atoms with Gasteiger partial charge in [0.15, 0.2) is 0 Å². The lowest BCUT2D eigenvalue weighted by Crippen LogP contribution is -2.39. The highest BCUT2D eigenvalue weighted by molar-refractivity contribution is 5.72. The summed E-state index contributed by atoms with van der Waals surface area (Å²) >= 11 is 0. The van der Waals surface area contributed by atoms with Crippen LogP contribution in [0.15, 0.2) is 6.07 Å². The van der Waals surface area contributed by atoms with E-state index in [1.54, 1.807) is 19.9 Å². The summed E-state index contributed by atoms with van der Waals surface area (Å²) in [4.78, 5) is 18.8. The lowest BCUT2D eigenvalue weighted by atomic mass is 10.3. The van der Waals surface area contributed by atoms with Crippen molar-refractivity contribution < 1.29 is 23.1 Å². The van der Waals surface area contributed by atoms with Gasteiger partial charge in [-0.25, -0.2) is 9.97 Å². The topological polar surface area (TPSA) is 66.3 Å². The van der Waals surface area contributed by atoms with Crippen molar-refractivity contribution in [3.05, 3.63) is 17.5 Å². The van der Waals surface area contributed by atoms with Crippen molar-refractivity contribution in [1.82, 2.24) is 9.97 Å². The molecule has 0 saturated carbocycles. The van der Waals surface area contributed by atoms with E-state index in [4.69, 9.17) is 5.11 Å². The summed E-state index contributed by atoms with van der Waals surface area (Å²) < 4.78 is 37.1. The molecule has 1 aromatic rings. The molecule has 1 aromatic heterocycles. The third-order valence-electron chi connectivity index (χ3n) is 1.95. The Bertz CT molecular complexity index is 428. The summed E-state index contributed by atoms with van der Waals surface area (Å²) in [6.45, 7) is 1.00. The van der Waals surface area contributed by atoms with Gasteiger partial charge in [-0.3, -0.25) is 4.79 Å². The van der Waals surface area contributed by atoms with E-state index in [1.165, 1.54) is 0 Å². The molecule has 1 rings (SSSR count). The van der Waals surface area contributed by atoms with E-state index in [-0.39, 0.29) is 5.95 Å². The number of carboxylic acid groups (broad SMARTS) is 1. The second-order valence-corrected chi connectivity index (χ2v) is 3.82. The number of nitrogens with zero attached hydrogens (tertiary/aromatic N) is 3. The summed E-state index contributed by atoms with van der Waals surface area (Å²) in [6.07, 6.45) is -4.52. The Labute approximate surface area is 101 Å². The predicted molar refractivity (Wildman–Crippen MR) is 57.4 cm³/mol. The quantitative estimate of drug-likeness (QED) is 0.892. The molecule has 0 spiro atoms. The Kier molecular flexibility index (Phi) is 4.10. The molecule has 0 aliphatic heterocycles. The van der Waals surface area contributed by atoms with E-state index in [1.807, 2.05) is 0 Å². The summed E-state index contributed by atoms with van der Waals surface area (Å²) in [5, 5.41) is 8.62. The Morgan fingerprint density at radius 3 is 2.22 bits per heavy atom. The number of anilines is 1. The van der Waals surface area contributed by atoms with Crippen molar-refractivity contribution in [2.75, 3.05) is 18.0 Å². The number of halogens is 3. The maximum atomic E-state index is 12.4. The first-order chi connectivity index (χ1) is 8.17. The molecule has 0 aliphatic carbocycles. The molecule has 5 nitrogen and oxygen atoms in total. The molecular weight excluding hydrogens is 251 g/mol. The lowest BCUT2D eigenvalue weighted by Gasteiger charge is -2.22. The number of carboxylic acids is 1. The molecule has 0 radical (unpaired) electrons. The molecule has 0 amide bonds. The van der Waals surface area contributed by atoms with Crippen LogP contribution in [0.1, 0.15) is 11.4 Å². The predicted octanol–water partition coefficient (Wildman–Crippen LogP) is 1.55. The standard InChI is InChI=1S/C10H12F3N3O2/c1-6-3-7(2)15-9(14-6)16(4-8(17)18)5-10(11,12)13/h3H,4-5H2,1-2H3,(H,17,18). The van der Waals surface area contributed by atoms with Crippen LogP contribution < -0.4 is 4.90 Å². The van der Waals surface area contributed by atoms with E-state index in [0.29, 0.717) is 16.3 Å². The number of aryl methyl sites for hydroxylation is 2. The van der Waals surface area contributed by atoms with Crippen LogP contribution in [0.3, 0.4) is 0 Å². The van der Waals surface area contributed by atoms with E-state index in [9.17, 15) is 18.0 Å². The van der Waals surface area contributed by atoms with Crippen LogP contribution in [0.25, 0.3) is 0 Å². The highest BCUT2D eigenvalue weighted by Crippen LogP contribution is 2.19. The molecule has 100 valence electrons. The van der Waals surface area contributed by atoms with E-state index < -0.39 is 25.2 Å². The Morgan fingerprint density at radius 2 is 1.83 bits per heavy atom. The van der Waals surface area contributed by atoms with Crippen LogP contribution in [0.4, 0.5) is 19.1 Å². The zero-order valence-corrected chi connectivity index (χ0v) is 9.82. The van der Waals surface area contributed by atoms with Crippen LogP contribution in [0, 0.1) is 13.8 Å². The molecule has 0 unspecified atom stereocenters. The smallest absolute Gasteiger partial charge is 0.406 e. The van der Waals surface area contributed by atoms with Crippen molar-refractivity contribution in [3.63, 3.8) is 0 Å². The van der Waals surface area contributed by atoms with Crippen LogP contribution >= 0.6 is 0 Å². The maximum absolute atomic E-state index is 12.4. The molecule has 0 fully saturated rings. The van der Waals surface area contributed by atoms with Gasteiger partial charge in [-0.2, -0.15) is 13.2 Å². The van der Waals surface area contributed by atoms with Crippen LogP contribution in [0.5, 0.6) is 0 Å². The number of hydrogen-bond donors (Lipinski definition) is 1. The molecular formula is C10H12F3N3O2. The lowest BCUT2D eigenvalue weighted by molar-refractivity contribution is -0.136. The van der Waals surface area contributed by atoms with Gasteiger partial charge in [0, 0.05) is 11.4 Å². The third kappa shape index (κ3) is 4.56. The fourth-order valence-corrected chi connectivity index (χ4v) is 1.43. The minimum absolute atomic E-state index is 0.229. The van der Waals surface area contributed by atoms with Gasteiger partial charge in [0.1, 0.15) is 13.1 Å². The monoisotopic (exact) mass is 263 g/mol. The number of hydrogen-bond acceptors (Lipinski definition) is 4. The molecule has 1 N–H and O–H groups in total. The third-order valence-corrected chi connectivity index (χ3v) is 1.95. The molecule has 1 heterocycles. The van der Waals surface area contributed by atoms with Crippen LogP contribution in [-0.2, 0) is 4.79 Å². The van der Waals surface area contributed by atoms with Gasteiger partial charge < -0.3 is 10.0 Å². The normalized spacial score (nSPS) is 11.4. The fraction of sp³-hybridized carbons (Fsp3) is 0.500. The van der Waals surface area contributed by atoms with Gasteiger partial charge in [-0.15, -0.1) is 0 Å². The number of aliphatic carboxylic acids is 1. The second kappa shape index (κ2) is 5.19. The summed E-state index contributed by atoms with van der Waals surface area (Å²) in [5.74, 6) is -1.60. The Hall–Kier alpha value is -1.86. The minimum Gasteiger partial charge on any atom is -0.480 e. The first-order valence-corrected chi connectivity index (χ1v) is 5.03. The number of rotatable bonds is 4. The average Bonchev–Trinajstić information content (AvgIpc) is 2.11. The zero-order chi connectivity index (χ0) is 13.9. The number of carbonyl (C=O) groups is 1. The first kappa shape index (κ1) is 14.2. The molecule has 0 aliphatic rings. The highest BCUT2D eigenvalue weighted by Gasteiger charge is 2.33. The number of alkyl halides is 3. The SMILES string of the molecule is Cc1cc(C)nc(N(CC(=O)O)CC(F)(F)F)n1. The van der Waals surface area contributed by atoms with Crippen LogP contribution in [-0.4, -0.2) is 40.3 Å². The van der Waals surface area contributed by atoms with Crippen molar-refractivity contribution in [2.24, 2.45) is 0 Å². The van der Waals surface area contributed by atoms with E-state index in [0.717, 1.165) is 0 Å². The van der Waals surface area contributed by atoms with Crippen molar-refractivity contribution in [2.45, 2.75) is 20.0 Å². The molecule has 0 saturated heterocycles.